The fourth-order valence-electron chi connectivity index (χ4n) is 3.58. The maximum absolute atomic E-state index is 4.73. The zero-order valence-corrected chi connectivity index (χ0v) is 14.8. The number of rotatable bonds is 6. The highest BCUT2D eigenvalue weighted by atomic mass is 15.3. The first-order valence-electron chi connectivity index (χ1n) is 9.29. The molecular formula is C19H26N6. The Balaban J connectivity index is 1.41. The Labute approximate surface area is 148 Å². The van der Waals surface area contributed by atoms with Gasteiger partial charge in [-0.3, -0.25) is 0 Å². The summed E-state index contributed by atoms with van der Waals surface area (Å²) in [5.41, 5.74) is 1.70. The summed E-state index contributed by atoms with van der Waals surface area (Å²) in [6, 6.07) is 10.8. The van der Waals surface area contributed by atoms with Crippen molar-refractivity contribution in [2.45, 2.75) is 51.1 Å². The topological polar surface area (TPSA) is 67.1 Å². The van der Waals surface area contributed by atoms with Crippen LogP contribution in [-0.2, 0) is 24.9 Å². The first-order chi connectivity index (χ1) is 12.3. The smallest absolute Gasteiger partial charge is 0.191 e. The SMILES string of the molecule is CCNC(=NCc1nnc2n1CCC2)NCC1(c2ccccc2)CC1. The van der Waals surface area contributed by atoms with E-state index >= 15 is 0 Å². The Morgan fingerprint density at radius 2 is 2.04 bits per heavy atom. The van der Waals surface area contributed by atoms with Gasteiger partial charge in [-0.25, -0.2) is 4.99 Å². The van der Waals surface area contributed by atoms with E-state index in [1.165, 1.54) is 24.8 Å². The zero-order valence-electron chi connectivity index (χ0n) is 14.8. The lowest BCUT2D eigenvalue weighted by atomic mass is 9.96. The maximum Gasteiger partial charge on any atom is 0.191 e. The van der Waals surface area contributed by atoms with Crippen molar-refractivity contribution in [2.75, 3.05) is 13.1 Å². The Morgan fingerprint density at radius 3 is 2.80 bits per heavy atom. The standard InChI is InChI=1S/C19H26N6/c1-2-20-18(21-13-17-24-23-16-9-6-12-25(16)17)22-14-19(10-11-19)15-7-4-3-5-8-15/h3-5,7-8H,2,6,9-14H2,1H3,(H2,20,21,22). The molecule has 6 nitrogen and oxygen atoms in total. The lowest BCUT2D eigenvalue weighted by Crippen LogP contribution is -2.41. The second-order valence-electron chi connectivity index (χ2n) is 6.98. The van der Waals surface area contributed by atoms with E-state index in [2.05, 4.69) is 62.7 Å². The van der Waals surface area contributed by atoms with Crippen molar-refractivity contribution < 1.29 is 0 Å². The highest BCUT2D eigenvalue weighted by molar-refractivity contribution is 5.79. The van der Waals surface area contributed by atoms with Crippen molar-refractivity contribution in [2.24, 2.45) is 4.99 Å². The molecule has 0 atom stereocenters. The summed E-state index contributed by atoms with van der Waals surface area (Å²) < 4.78 is 2.21. The predicted molar refractivity (Wildman–Crippen MR) is 98.5 cm³/mol. The van der Waals surface area contributed by atoms with E-state index in [1.54, 1.807) is 0 Å². The minimum absolute atomic E-state index is 0.271. The average Bonchev–Trinajstić information content (AvgIpc) is 3.12. The van der Waals surface area contributed by atoms with E-state index in [0.717, 1.165) is 43.7 Å². The third-order valence-electron chi connectivity index (χ3n) is 5.24. The lowest BCUT2D eigenvalue weighted by molar-refractivity contribution is 0.642. The second kappa shape index (κ2) is 6.86. The van der Waals surface area contributed by atoms with Crippen molar-refractivity contribution in [3.05, 3.63) is 47.5 Å². The molecule has 132 valence electrons. The molecular weight excluding hydrogens is 312 g/mol. The molecule has 2 aromatic rings. The fraction of sp³-hybridized carbons (Fsp3) is 0.526. The van der Waals surface area contributed by atoms with Crippen LogP contribution in [0.3, 0.4) is 0 Å². The summed E-state index contributed by atoms with van der Waals surface area (Å²) >= 11 is 0. The highest BCUT2D eigenvalue weighted by Gasteiger charge is 2.44. The van der Waals surface area contributed by atoms with Gasteiger partial charge < -0.3 is 15.2 Å². The quantitative estimate of drug-likeness (QED) is 0.625. The Hall–Kier alpha value is -2.37. The van der Waals surface area contributed by atoms with Crippen LogP contribution >= 0.6 is 0 Å². The molecule has 4 rings (SSSR count). The number of aryl methyl sites for hydroxylation is 1. The molecule has 25 heavy (non-hydrogen) atoms. The van der Waals surface area contributed by atoms with Crippen LogP contribution < -0.4 is 10.6 Å². The van der Waals surface area contributed by atoms with Gasteiger partial charge >= 0.3 is 0 Å². The Bertz CT molecular complexity index is 745. The van der Waals surface area contributed by atoms with Crippen molar-refractivity contribution in [3.8, 4) is 0 Å². The van der Waals surface area contributed by atoms with Gasteiger partial charge in [0, 0.05) is 31.5 Å². The Kier molecular flexibility index (Phi) is 4.42. The van der Waals surface area contributed by atoms with Crippen LogP contribution in [0.4, 0.5) is 0 Å². The van der Waals surface area contributed by atoms with E-state index in [0.29, 0.717) is 6.54 Å². The van der Waals surface area contributed by atoms with Crippen LogP contribution in [0.15, 0.2) is 35.3 Å². The number of aliphatic imine (C=N–C) groups is 1. The number of fused-ring (bicyclic) bond motifs is 1. The predicted octanol–water partition coefficient (Wildman–Crippen LogP) is 2.01. The molecule has 0 unspecified atom stereocenters. The molecule has 2 aliphatic rings. The molecule has 1 aromatic heterocycles. The number of nitrogens with zero attached hydrogens (tertiary/aromatic N) is 4. The molecule has 2 heterocycles. The van der Waals surface area contributed by atoms with Gasteiger partial charge in [-0.1, -0.05) is 30.3 Å². The summed E-state index contributed by atoms with van der Waals surface area (Å²) in [4.78, 5) is 4.73. The number of hydrogen-bond donors (Lipinski definition) is 2. The van der Waals surface area contributed by atoms with E-state index in [4.69, 9.17) is 4.99 Å². The van der Waals surface area contributed by atoms with Crippen molar-refractivity contribution in [1.82, 2.24) is 25.4 Å². The number of guanidine groups is 1. The molecule has 0 amide bonds. The van der Waals surface area contributed by atoms with Crippen molar-refractivity contribution in [1.29, 1.82) is 0 Å². The minimum atomic E-state index is 0.271. The summed E-state index contributed by atoms with van der Waals surface area (Å²) in [6.45, 7) is 5.45. The van der Waals surface area contributed by atoms with Crippen LogP contribution in [0.2, 0.25) is 0 Å². The van der Waals surface area contributed by atoms with Crippen LogP contribution in [0.25, 0.3) is 0 Å². The molecule has 1 saturated carbocycles. The largest absolute Gasteiger partial charge is 0.357 e. The molecule has 1 aliphatic heterocycles. The number of nitrogens with one attached hydrogen (secondary N) is 2. The van der Waals surface area contributed by atoms with Crippen LogP contribution in [0.5, 0.6) is 0 Å². The van der Waals surface area contributed by atoms with Gasteiger partial charge in [0.1, 0.15) is 12.4 Å². The highest BCUT2D eigenvalue weighted by Crippen LogP contribution is 2.47. The van der Waals surface area contributed by atoms with Gasteiger partial charge in [-0.05, 0) is 31.7 Å². The first kappa shape index (κ1) is 16.1. The molecule has 0 saturated heterocycles. The summed E-state index contributed by atoms with van der Waals surface area (Å²) in [5.74, 6) is 2.93. The normalized spacial score (nSPS) is 18.0. The zero-order chi connectivity index (χ0) is 17.1. The number of hydrogen-bond acceptors (Lipinski definition) is 3. The van der Waals surface area contributed by atoms with Crippen molar-refractivity contribution >= 4 is 5.96 Å². The summed E-state index contributed by atoms with van der Waals surface area (Å²) in [5, 5.41) is 15.4. The molecule has 2 N–H and O–H groups in total. The number of aromatic nitrogens is 3. The van der Waals surface area contributed by atoms with Crippen LogP contribution in [-0.4, -0.2) is 33.8 Å². The third-order valence-corrected chi connectivity index (χ3v) is 5.24. The molecule has 1 aromatic carbocycles. The number of benzene rings is 1. The van der Waals surface area contributed by atoms with E-state index < -0.39 is 0 Å². The van der Waals surface area contributed by atoms with E-state index in [9.17, 15) is 0 Å². The molecule has 0 bridgehead atoms. The molecule has 1 fully saturated rings. The van der Waals surface area contributed by atoms with Gasteiger partial charge in [0.15, 0.2) is 11.8 Å². The van der Waals surface area contributed by atoms with Gasteiger partial charge in [0.25, 0.3) is 0 Å². The van der Waals surface area contributed by atoms with Gasteiger partial charge in [-0.2, -0.15) is 0 Å². The van der Waals surface area contributed by atoms with Crippen LogP contribution in [0, 0.1) is 0 Å². The van der Waals surface area contributed by atoms with Crippen molar-refractivity contribution in [3.63, 3.8) is 0 Å². The minimum Gasteiger partial charge on any atom is -0.357 e. The van der Waals surface area contributed by atoms with Gasteiger partial charge in [0.2, 0.25) is 0 Å². The van der Waals surface area contributed by atoms with E-state index in [1.807, 2.05) is 0 Å². The maximum atomic E-state index is 4.73. The molecule has 6 heteroatoms. The third kappa shape index (κ3) is 3.38. The fourth-order valence-corrected chi connectivity index (χ4v) is 3.58. The lowest BCUT2D eigenvalue weighted by Gasteiger charge is -2.19. The molecule has 0 radical (unpaired) electrons. The van der Waals surface area contributed by atoms with E-state index in [-0.39, 0.29) is 5.41 Å². The first-order valence-corrected chi connectivity index (χ1v) is 9.29. The monoisotopic (exact) mass is 338 g/mol. The second-order valence-corrected chi connectivity index (χ2v) is 6.98. The molecule has 0 spiro atoms. The summed E-state index contributed by atoms with van der Waals surface area (Å²) in [6.07, 6.45) is 4.68. The average molecular weight is 338 g/mol. The Morgan fingerprint density at radius 1 is 1.20 bits per heavy atom. The van der Waals surface area contributed by atoms with Gasteiger partial charge in [0.05, 0.1) is 0 Å². The summed E-state index contributed by atoms with van der Waals surface area (Å²) in [7, 11) is 0. The van der Waals surface area contributed by atoms with Gasteiger partial charge in [-0.15, -0.1) is 10.2 Å². The molecule has 1 aliphatic carbocycles. The van der Waals surface area contributed by atoms with Crippen LogP contribution in [0.1, 0.15) is 43.4 Å².